The van der Waals surface area contributed by atoms with Gasteiger partial charge < -0.3 is 15.5 Å². The fourth-order valence-corrected chi connectivity index (χ4v) is 1.28. The van der Waals surface area contributed by atoms with Crippen LogP contribution in [0.3, 0.4) is 0 Å². The molecule has 8 heteroatoms. The van der Waals surface area contributed by atoms with Crippen molar-refractivity contribution in [1.29, 1.82) is 0 Å². The highest BCUT2D eigenvalue weighted by molar-refractivity contribution is 7.13. The summed E-state index contributed by atoms with van der Waals surface area (Å²) in [7, 11) is 0. The SMILES string of the molecule is CC(O)(CNC(=O)Nc1nccs1)C(=O)O. The number of amides is 2. The number of carbonyl (C=O) groups is 2. The van der Waals surface area contributed by atoms with E-state index < -0.39 is 17.6 Å². The standard InChI is InChI=1S/C8H11N3O4S/c1-8(15,5(12)13)4-10-6(14)11-7-9-2-3-16-7/h2-3,15H,4H2,1H3,(H,12,13)(H2,9,10,11,14). The Balaban J connectivity index is 2.39. The second-order valence-electron chi connectivity index (χ2n) is 3.22. The molecule has 1 unspecified atom stereocenters. The number of rotatable bonds is 4. The number of thiazole rings is 1. The molecule has 0 aliphatic rings. The first kappa shape index (κ1) is 12.4. The topological polar surface area (TPSA) is 112 Å². The van der Waals surface area contributed by atoms with Gasteiger partial charge in [0.1, 0.15) is 0 Å². The normalized spacial score (nSPS) is 13.9. The van der Waals surface area contributed by atoms with Crippen molar-refractivity contribution in [3.05, 3.63) is 11.6 Å². The van der Waals surface area contributed by atoms with Gasteiger partial charge in [0.15, 0.2) is 10.7 Å². The minimum absolute atomic E-state index is 0.389. The van der Waals surface area contributed by atoms with Crippen LogP contribution < -0.4 is 10.6 Å². The fourth-order valence-electron chi connectivity index (χ4n) is 0.754. The lowest BCUT2D eigenvalue weighted by Crippen LogP contribution is -2.47. The Kier molecular flexibility index (Phi) is 3.80. The van der Waals surface area contributed by atoms with Crippen LogP contribution in [0.15, 0.2) is 11.6 Å². The summed E-state index contributed by atoms with van der Waals surface area (Å²) in [6.45, 7) is 0.707. The highest BCUT2D eigenvalue weighted by Crippen LogP contribution is 2.09. The van der Waals surface area contributed by atoms with E-state index in [2.05, 4.69) is 15.6 Å². The number of nitrogens with one attached hydrogen (secondary N) is 2. The van der Waals surface area contributed by atoms with E-state index in [1.165, 1.54) is 17.5 Å². The van der Waals surface area contributed by atoms with E-state index >= 15 is 0 Å². The number of carboxylic acid groups (broad SMARTS) is 1. The van der Waals surface area contributed by atoms with E-state index in [-0.39, 0.29) is 6.54 Å². The van der Waals surface area contributed by atoms with Crippen molar-refractivity contribution < 1.29 is 19.8 Å². The lowest BCUT2D eigenvalue weighted by Gasteiger charge is -2.17. The third-order valence-electron chi connectivity index (χ3n) is 1.71. The van der Waals surface area contributed by atoms with E-state index in [1.807, 2.05) is 0 Å². The molecule has 0 spiro atoms. The molecule has 4 N–H and O–H groups in total. The number of hydrogen-bond acceptors (Lipinski definition) is 5. The van der Waals surface area contributed by atoms with Crippen LogP contribution in [0.4, 0.5) is 9.93 Å². The van der Waals surface area contributed by atoms with Gasteiger partial charge in [0.25, 0.3) is 0 Å². The Morgan fingerprint density at radius 3 is 2.81 bits per heavy atom. The summed E-state index contributed by atoms with van der Waals surface area (Å²) in [6, 6.07) is -0.614. The summed E-state index contributed by atoms with van der Waals surface area (Å²) in [6.07, 6.45) is 1.52. The molecule has 16 heavy (non-hydrogen) atoms. The first-order valence-electron chi connectivity index (χ1n) is 4.32. The number of aromatic nitrogens is 1. The zero-order chi connectivity index (χ0) is 12.2. The highest BCUT2D eigenvalue weighted by atomic mass is 32.1. The van der Waals surface area contributed by atoms with Gasteiger partial charge in [0, 0.05) is 11.6 Å². The fraction of sp³-hybridized carbons (Fsp3) is 0.375. The molecule has 0 bridgehead atoms. The first-order valence-corrected chi connectivity index (χ1v) is 5.20. The van der Waals surface area contributed by atoms with Crippen LogP contribution in [0.25, 0.3) is 0 Å². The molecule has 0 radical (unpaired) electrons. The van der Waals surface area contributed by atoms with Gasteiger partial charge in [-0.05, 0) is 6.92 Å². The third-order valence-corrected chi connectivity index (χ3v) is 2.40. The van der Waals surface area contributed by atoms with Crippen molar-refractivity contribution in [2.24, 2.45) is 0 Å². The van der Waals surface area contributed by atoms with E-state index in [1.54, 1.807) is 5.38 Å². The lowest BCUT2D eigenvalue weighted by atomic mass is 10.1. The first-order chi connectivity index (χ1) is 7.42. The largest absolute Gasteiger partial charge is 0.479 e. The molecule has 0 fully saturated rings. The third kappa shape index (κ3) is 3.48. The summed E-state index contributed by atoms with van der Waals surface area (Å²) < 4.78 is 0. The number of urea groups is 1. The van der Waals surface area contributed by atoms with Crippen LogP contribution in [0.1, 0.15) is 6.92 Å². The lowest BCUT2D eigenvalue weighted by molar-refractivity contribution is -0.155. The van der Waals surface area contributed by atoms with Gasteiger partial charge in [-0.25, -0.2) is 14.6 Å². The minimum atomic E-state index is -1.99. The van der Waals surface area contributed by atoms with Gasteiger partial charge in [-0.15, -0.1) is 11.3 Å². The monoisotopic (exact) mass is 245 g/mol. The Hall–Kier alpha value is -1.67. The van der Waals surface area contributed by atoms with Crippen LogP contribution >= 0.6 is 11.3 Å². The molecule has 1 atom stereocenters. The van der Waals surface area contributed by atoms with E-state index in [9.17, 15) is 14.7 Å². The maximum Gasteiger partial charge on any atom is 0.337 e. The van der Waals surface area contributed by atoms with Crippen molar-refractivity contribution in [3.63, 3.8) is 0 Å². The summed E-state index contributed by atoms with van der Waals surface area (Å²) in [5.74, 6) is -1.40. The maximum absolute atomic E-state index is 11.2. The van der Waals surface area contributed by atoms with Gasteiger partial charge in [0.05, 0.1) is 6.54 Å². The van der Waals surface area contributed by atoms with Gasteiger partial charge in [0.2, 0.25) is 0 Å². The van der Waals surface area contributed by atoms with E-state index in [0.717, 1.165) is 6.92 Å². The number of carboxylic acids is 1. The zero-order valence-electron chi connectivity index (χ0n) is 8.43. The Bertz CT molecular complexity index is 377. The van der Waals surface area contributed by atoms with Gasteiger partial charge in [-0.2, -0.15) is 0 Å². The van der Waals surface area contributed by atoms with Crippen LogP contribution in [-0.4, -0.2) is 39.3 Å². The number of anilines is 1. The predicted octanol–water partition coefficient (Wildman–Crippen LogP) is 0.100. The summed E-state index contributed by atoms with van der Waals surface area (Å²) in [4.78, 5) is 25.5. The quantitative estimate of drug-likeness (QED) is 0.601. The molecule has 1 heterocycles. The number of aliphatic hydroxyl groups is 1. The molecule has 0 aliphatic heterocycles. The molecule has 1 aromatic heterocycles. The smallest absolute Gasteiger partial charge is 0.337 e. The molecule has 7 nitrogen and oxygen atoms in total. The molecule has 1 aromatic rings. The zero-order valence-corrected chi connectivity index (χ0v) is 9.24. The summed E-state index contributed by atoms with van der Waals surface area (Å²) in [5.41, 5.74) is -1.99. The molecule has 0 aliphatic carbocycles. The van der Waals surface area contributed by atoms with E-state index in [0.29, 0.717) is 5.13 Å². The van der Waals surface area contributed by atoms with Crippen LogP contribution in [0.5, 0.6) is 0 Å². The van der Waals surface area contributed by atoms with Crippen molar-refractivity contribution in [2.45, 2.75) is 12.5 Å². The Labute approximate surface area is 95.1 Å². The molecule has 1 rings (SSSR count). The van der Waals surface area contributed by atoms with Gasteiger partial charge in [-0.3, -0.25) is 5.32 Å². The highest BCUT2D eigenvalue weighted by Gasteiger charge is 2.30. The van der Waals surface area contributed by atoms with E-state index in [4.69, 9.17) is 5.11 Å². The second kappa shape index (κ2) is 4.90. The molecular weight excluding hydrogens is 234 g/mol. The molecule has 0 saturated heterocycles. The molecule has 0 aromatic carbocycles. The van der Waals surface area contributed by atoms with Crippen LogP contribution in [-0.2, 0) is 4.79 Å². The van der Waals surface area contributed by atoms with Crippen molar-refractivity contribution >= 4 is 28.5 Å². The van der Waals surface area contributed by atoms with Crippen LogP contribution in [0.2, 0.25) is 0 Å². The van der Waals surface area contributed by atoms with Gasteiger partial charge in [-0.1, -0.05) is 0 Å². The molecule has 88 valence electrons. The Morgan fingerprint density at radius 2 is 2.31 bits per heavy atom. The summed E-state index contributed by atoms with van der Waals surface area (Å²) in [5, 5.41) is 24.6. The summed E-state index contributed by atoms with van der Waals surface area (Å²) >= 11 is 1.23. The molecule has 2 amide bonds. The maximum atomic E-state index is 11.2. The van der Waals surface area contributed by atoms with Gasteiger partial charge >= 0.3 is 12.0 Å². The molecular formula is C8H11N3O4S. The predicted molar refractivity (Wildman–Crippen MR) is 57.4 cm³/mol. The Morgan fingerprint density at radius 1 is 1.62 bits per heavy atom. The van der Waals surface area contributed by atoms with Crippen molar-refractivity contribution in [1.82, 2.24) is 10.3 Å². The minimum Gasteiger partial charge on any atom is -0.479 e. The number of hydrogen-bond donors (Lipinski definition) is 4. The number of carbonyl (C=O) groups excluding carboxylic acids is 1. The van der Waals surface area contributed by atoms with Crippen LogP contribution in [0, 0.1) is 0 Å². The van der Waals surface area contributed by atoms with Crippen molar-refractivity contribution in [2.75, 3.05) is 11.9 Å². The van der Waals surface area contributed by atoms with Crippen molar-refractivity contribution in [3.8, 4) is 0 Å². The average molecular weight is 245 g/mol. The average Bonchev–Trinajstić information content (AvgIpc) is 2.67. The molecule has 0 saturated carbocycles. The number of aliphatic carboxylic acids is 1. The second-order valence-corrected chi connectivity index (χ2v) is 4.12. The number of nitrogens with zero attached hydrogens (tertiary/aromatic N) is 1.